The summed E-state index contributed by atoms with van der Waals surface area (Å²) in [5.41, 5.74) is 1.72. The highest BCUT2D eigenvalue weighted by Crippen LogP contribution is 2.36. The van der Waals surface area contributed by atoms with Crippen LogP contribution in [0, 0.1) is 16.7 Å². The highest BCUT2D eigenvalue weighted by molar-refractivity contribution is 5.94. The molecule has 20 heavy (non-hydrogen) atoms. The number of hydrogen-bond acceptors (Lipinski definition) is 3. The van der Waals surface area contributed by atoms with Gasteiger partial charge in [0.25, 0.3) is 0 Å². The molecule has 0 aromatic carbocycles. The molecular formula is C17H28O3. The molecule has 3 heteroatoms. The van der Waals surface area contributed by atoms with Gasteiger partial charge in [0, 0.05) is 0 Å². The van der Waals surface area contributed by atoms with Crippen molar-refractivity contribution >= 4 is 11.9 Å². The summed E-state index contributed by atoms with van der Waals surface area (Å²) in [6.45, 7) is 13.3. The second-order valence-electron chi connectivity index (χ2n) is 8.05. The van der Waals surface area contributed by atoms with Crippen molar-refractivity contribution in [2.24, 2.45) is 16.7 Å². The number of carbonyl (C=O) groups is 2. The Bertz CT molecular complexity index is 410. The fourth-order valence-corrected chi connectivity index (χ4v) is 3.11. The van der Waals surface area contributed by atoms with E-state index in [4.69, 9.17) is 0 Å². The van der Waals surface area contributed by atoms with Crippen LogP contribution in [0.2, 0.25) is 0 Å². The zero-order valence-corrected chi connectivity index (χ0v) is 13.7. The number of ether oxygens (including phenoxy) is 1. The number of hydrogen-bond donors (Lipinski definition) is 0. The van der Waals surface area contributed by atoms with Crippen molar-refractivity contribution in [1.82, 2.24) is 0 Å². The summed E-state index contributed by atoms with van der Waals surface area (Å²) < 4.78 is 4.58. The summed E-state index contributed by atoms with van der Waals surface area (Å²) in [6, 6.07) is 0. The summed E-state index contributed by atoms with van der Waals surface area (Å²) >= 11 is 0. The summed E-state index contributed by atoms with van der Waals surface area (Å²) in [6.07, 6.45) is 5.22. The molecule has 0 amide bonds. The Labute approximate surface area is 122 Å². The van der Waals surface area contributed by atoms with E-state index in [1.165, 1.54) is 5.57 Å². The summed E-state index contributed by atoms with van der Waals surface area (Å²) in [5, 5.41) is 0. The maximum atomic E-state index is 11.4. The van der Waals surface area contributed by atoms with Crippen LogP contribution in [0.5, 0.6) is 0 Å². The predicted octanol–water partition coefficient (Wildman–Crippen LogP) is 4.27. The van der Waals surface area contributed by atoms with Crippen molar-refractivity contribution in [2.75, 3.05) is 0 Å². The van der Waals surface area contributed by atoms with Crippen LogP contribution in [0.1, 0.15) is 67.2 Å². The van der Waals surface area contributed by atoms with Crippen molar-refractivity contribution in [2.45, 2.75) is 67.2 Å². The van der Waals surface area contributed by atoms with Gasteiger partial charge in [-0.25, -0.2) is 0 Å². The zero-order chi connectivity index (χ0) is 15.6. The van der Waals surface area contributed by atoms with Crippen molar-refractivity contribution < 1.29 is 14.3 Å². The molecule has 1 rings (SSSR count). The highest BCUT2D eigenvalue weighted by atomic mass is 16.6. The molecule has 0 N–H and O–H groups in total. The quantitative estimate of drug-likeness (QED) is 0.429. The summed E-state index contributed by atoms with van der Waals surface area (Å²) in [5.74, 6) is -1.03. The van der Waals surface area contributed by atoms with Crippen LogP contribution >= 0.6 is 0 Å². The van der Waals surface area contributed by atoms with Gasteiger partial charge >= 0.3 is 11.9 Å². The van der Waals surface area contributed by atoms with Crippen molar-refractivity contribution in [3.8, 4) is 0 Å². The van der Waals surface area contributed by atoms with E-state index in [2.05, 4.69) is 45.4 Å². The molecule has 1 aliphatic heterocycles. The molecule has 1 unspecified atom stereocenters. The number of allylic oxidation sites excluding steroid dienone is 2. The van der Waals surface area contributed by atoms with Gasteiger partial charge in [-0.15, -0.1) is 0 Å². The molecule has 0 bridgehead atoms. The SMILES string of the molecule is C/C(=C/CC(C)(C)CC(C)(C)C)CC1CC(=O)OC1=O. The molecule has 1 saturated heterocycles. The first-order valence-electron chi connectivity index (χ1n) is 7.39. The van der Waals surface area contributed by atoms with E-state index in [0.29, 0.717) is 11.8 Å². The minimum atomic E-state index is -0.388. The van der Waals surface area contributed by atoms with E-state index in [-0.39, 0.29) is 29.7 Å². The Morgan fingerprint density at radius 1 is 1.25 bits per heavy atom. The minimum absolute atomic E-state index is 0.232. The predicted molar refractivity (Wildman–Crippen MR) is 80.1 cm³/mol. The lowest BCUT2D eigenvalue weighted by Gasteiger charge is -2.31. The first-order chi connectivity index (χ1) is 8.98. The number of rotatable bonds is 5. The fourth-order valence-electron chi connectivity index (χ4n) is 3.11. The molecule has 1 fully saturated rings. The molecule has 0 radical (unpaired) electrons. The maximum absolute atomic E-state index is 11.4. The van der Waals surface area contributed by atoms with E-state index in [1.807, 2.05) is 6.92 Å². The minimum Gasteiger partial charge on any atom is -0.393 e. The molecule has 1 atom stereocenters. The van der Waals surface area contributed by atoms with Crippen LogP contribution in [0.3, 0.4) is 0 Å². The maximum Gasteiger partial charge on any atom is 0.317 e. The molecule has 0 saturated carbocycles. The van der Waals surface area contributed by atoms with Gasteiger partial charge in [0.05, 0.1) is 12.3 Å². The van der Waals surface area contributed by atoms with Gasteiger partial charge in [-0.2, -0.15) is 0 Å². The van der Waals surface area contributed by atoms with Crippen LogP contribution < -0.4 is 0 Å². The molecule has 114 valence electrons. The monoisotopic (exact) mass is 280 g/mol. The normalized spacial score (nSPS) is 21.3. The Morgan fingerprint density at radius 3 is 2.30 bits per heavy atom. The topological polar surface area (TPSA) is 43.4 Å². The van der Waals surface area contributed by atoms with Crippen LogP contribution in [0.15, 0.2) is 11.6 Å². The molecule has 0 aliphatic carbocycles. The molecule has 0 aromatic heterocycles. The molecule has 0 spiro atoms. The van der Waals surface area contributed by atoms with E-state index in [0.717, 1.165) is 12.8 Å². The van der Waals surface area contributed by atoms with Gasteiger partial charge < -0.3 is 4.74 Å². The standard InChI is InChI=1S/C17H28O3/c1-12(9-13-10-14(18)20-15(13)19)7-8-17(5,6)11-16(2,3)4/h7,13H,8-11H2,1-6H3/b12-7-. The van der Waals surface area contributed by atoms with Crippen molar-refractivity contribution in [1.29, 1.82) is 0 Å². The Kier molecular flexibility index (Phi) is 5.17. The molecule has 0 aromatic rings. The van der Waals surface area contributed by atoms with E-state index >= 15 is 0 Å². The zero-order valence-electron chi connectivity index (χ0n) is 13.7. The summed E-state index contributed by atoms with van der Waals surface area (Å²) in [4.78, 5) is 22.5. The third kappa shape index (κ3) is 5.89. The number of esters is 2. The van der Waals surface area contributed by atoms with Gasteiger partial charge in [-0.05, 0) is 37.0 Å². The van der Waals surface area contributed by atoms with Gasteiger partial charge in [0.1, 0.15) is 0 Å². The molecule has 1 heterocycles. The third-order valence-electron chi connectivity index (χ3n) is 3.54. The van der Waals surface area contributed by atoms with Crippen molar-refractivity contribution in [3.63, 3.8) is 0 Å². The molecule has 1 aliphatic rings. The summed E-state index contributed by atoms with van der Waals surface area (Å²) in [7, 11) is 0. The molecule has 3 nitrogen and oxygen atoms in total. The van der Waals surface area contributed by atoms with Crippen LogP contribution in [0.4, 0.5) is 0 Å². The second-order valence-corrected chi connectivity index (χ2v) is 8.05. The number of carbonyl (C=O) groups excluding carboxylic acids is 2. The smallest absolute Gasteiger partial charge is 0.317 e. The van der Waals surface area contributed by atoms with E-state index in [1.54, 1.807) is 0 Å². The lowest BCUT2D eigenvalue weighted by molar-refractivity contribution is -0.153. The first-order valence-corrected chi connectivity index (χ1v) is 7.39. The number of cyclic esters (lactones) is 2. The average molecular weight is 280 g/mol. The second kappa shape index (κ2) is 6.11. The lowest BCUT2D eigenvalue weighted by Crippen LogP contribution is -2.20. The fraction of sp³-hybridized carbons (Fsp3) is 0.765. The van der Waals surface area contributed by atoms with Crippen LogP contribution in [-0.2, 0) is 14.3 Å². The van der Waals surface area contributed by atoms with E-state index < -0.39 is 0 Å². The van der Waals surface area contributed by atoms with Crippen LogP contribution in [-0.4, -0.2) is 11.9 Å². The molecular weight excluding hydrogens is 252 g/mol. The van der Waals surface area contributed by atoms with Gasteiger partial charge in [0.2, 0.25) is 0 Å². The van der Waals surface area contributed by atoms with Gasteiger partial charge in [-0.3, -0.25) is 9.59 Å². The third-order valence-corrected chi connectivity index (χ3v) is 3.54. The largest absolute Gasteiger partial charge is 0.393 e. The Hall–Kier alpha value is -1.12. The van der Waals surface area contributed by atoms with Crippen LogP contribution in [0.25, 0.3) is 0 Å². The lowest BCUT2D eigenvalue weighted by atomic mass is 9.74. The average Bonchev–Trinajstić information content (AvgIpc) is 2.51. The van der Waals surface area contributed by atoms with Gasteiger partial charge in [0.15, 0.2) is 0 Å². The van der Waals surface area contributed by atoms with Gasteiger partial charge in [-0.1, -0.05) is 46.3 Å². The Morgan fingerprint density at radius 2 is 1.85 bits per heavy atom. The van der Waals surface area contributed by atoms with E-state index in [9.17, 15) is 9.59 Å². The first kappa shape index (κ1) is 16.9. The highest BCUT2D eigenvalue weighted by Gasteiger charge is 2.33. The Balaban J connectivity index is 2.53. The van der Waals surface area contributed by atoms with Crippen molar-refractivity contribution in [3.05, 3.63) is 11.6 Å².